The van der Waals surface area contributed by atoms with Gasteiger partial charge >= 0.3 is 6.09 Å². The summed E-state index contributed by atoms with van der Waals surface area (Å²) in [5, 5.41) is 2.76. The van der Waals surface area contributed by atoms with Crippen LogP contribution < -0.4 is 5.32 Å². The minimum atomic E-state index is -0.313. The highest BCUT2D eigenvalue weighted by atomic mass is 16.5. The van der Waals surface area contributed by atoms with Crippen molar-refractivity contribution in [1.82, 2.24) is 10.2 Å². The average molecular weight is 200 g/mol. The maximum atomic E-state index is 11.2. The van der Waals surface area contributed by atoms with Crippen molar-refractivity contribution in [3.8, 4) is 0 Å². The molecule has 0 unspecified atom stereocenters. The molecular weight excluding hydrogens is 180 g/mol. The van der Waals surface area contributed by atoms with E-state index < -0.39 is 0 Å². The zero-order valence-corrected chi connectivity index (χ0v) is 9.46. The summed E-state index contributed by atoms with van der Waals surface area (Å²) in [4.78, 5) is 13.4. The quantitative estimate of drug-likeness (QED) is 0.725. The molecule has 0 saturated carbocycles. The van der Waals surface area contributed by atoms with Crippen LogP contribution in [0.4, 0.5) is 4.79 Å². The van der Waals surface area contributed by atoms with Crippen LogP contribution in [0.25, 0.3) is 0 Å². The number of carbonyl (C=O) groups is 1. The van der Waals surface area contributed by atoms with E-state index in [0.717, 1.165) is 13.1 Å². The maximum absolute atomic E-state index is 11.2. The predicted molar refractivity (Wildman–Crippen MR) is 55.2 cm³/mol. The van der Waals surface area contributed by atoms with E-state index >= 15 is 0 Å². The Morgan fingerprint density at radius 1 is 1.50 bits per heavy atom. The van der Waals surface area contributed by atoms with Crippen LogP contribution in [-0.2, 0) is 4.74 Å². The average Bonchev–Trinajstić information content (AvgIpc) is 1.92. The largest absolute Gasteiger partial charge is 0.449 e. The van der Waals surface area contributed by atoms with Crippen LogP contribution in [0.2, 0.25) is 0 Å². The third-order valence-electron chi connectivity index (χ3n) is 2.07. The van der Waals surface area contributed by atoms with Crippen LogP contribution in [0.15, 0.2) is 0 Å². The molecule has 0 spiro atoms. The summed E-state index contributed by atoms with van der Waals surface area (Å²) in [6, 6.07) is 0. The first kappa shape index (κ1) is 11.3. The van der Waals surface area contributed by atoms with Gasteiger partial charge in [-0.25, -0.2) is 4.79 Å². The first-order valence-corrected chi connectivity index (χ1v) is 5.00. The summed E-state index contributed by atoms with van der Waals surface area (Å²) in [5.41, 5.74) is -0.215. The van der Waals surface area contributed by atoms with Gasteiger partial charge in [-0.3, -0.25) is 0 Å². The minimum Gasteiger partial charge on any atom is -0.449 e. The van der Waals surface area contributed by atoms with Crippen molar-refractivity contribution in [3.63, 3.8) is 0 Å². The molecule has 1 aliphatic rings. The van der Waals surface area contributed by atoms with Crippen molar-refractivity contribution >= 4 is 6.09 Å². The monoisotopic (exact) mass is 200 g/mol. The van der Waals surface area contributed by atoms with Gasteiger partial charge in [-0.2, -0.15) is 0 Å². The molecule has 0 aromatic rings. The van der Waals surface area contributed by atoms with Crippen LogP contribution in [0.3, 0.4) is 0 Å². The van der Waals surface area contributed by atoms with Crippen LogP contribution in [-0.4, -0.2) is 43.3 Å². The molecule has 1 rings (SSSR count). The van der Waals surface area contributed by atoms with Gasteiger partial charge in [-0.15, -0.1) is 0 Å². The van der Waals surface area contributed by atoms with Crippen molar-refractivity contribution < 1.29 is 9.53 Å². The van der Waals surface area contributed by atoms with Crippen LogP contribution in [0.1, 0.15) is 20.8 Å². The number of likely N-dealkylation sites (tertiary alicyclic amines) is 1. The van der Waals surface area contributed by atoms with Crippen molar-refractivity contribution in [2.75, 3.05) is 26.7 Å². The molecule has 1 aliphatic heterocycles. The van der Waals surface area contributed by atoms with Gasteiger partial charge in [0.15, 0.2) is 0 Å². The van der Waals surface area contributed by atoms with Gasteiger partial charge in [0.2, 0.25) is 0 Å². The smallest absolute Gasteiger partial charge is 0.407 e. The Kier molecular flexibility index (Phi) is 3.37. The Morgan fingerprint density at radius 3 is 2.50 bits per heavy atom. The molecule has 1 amide bonds. The molecule has 0 aromatic heterocycles. The molecule has 1 heterocycles. The second-order valence-corrected chi connectivity index (χ2v) is 5.06. The van der Waals surface area contributed by atoms with E-state index in [1.807, 2.05) is 20.8 Å². The molecule has 1 fully saturated rings. The molecule has 82 valence electrons. The second kappa shape index (κ2) is 4.17. The first-order chi connectivity index (χ1) is 6.37. The Bertz CT molecular complexity index is 205. The first-order valence-electron chi connectivity index (χ1n) is 5.00. The standard InChI is InChI=1S/C10H20N2O2/c1-10(2,3)11-9(13)14-7-8-5-12(4)6-8/h8H,5-7H2,1-4H3,(H,11,13). The summed E-state index contributed by atoms with van der Waals surface area (Å²) in [6.07, 6.45) is -0.313. The number of amides is 1. The molecule has 1 N–H and O–H groups in total. The summed E-state index contributed by atoms with van der Waals surface area (Å²) in [7, 11) is 2.06. The zero-order chi connectivity index (χ0) is 10.8. The van der Waals surface area contributed by atoms with E-state index in [-0.39, 0.29) is 11.6 Å². The number of ether oxygens (including phenoxy) is 1. The van der Waals surface area contributed by atoms with Gasteiger partial charge in [-0.1, -0.05) is 0 Å². The van der Waals surface area contributed by atoms with Crippen molar-refractivity contribution in [2.24, 2.45) is 5.92 Å². The molecule has 0 atom stereocenters. The Balaban J connectivity index is 2.10. The highest BCUT2D eigenvalue weighted by molar-refractivity contribution is 5.68. The van der Waals surface area contributed by atoms with Gasteiger partial charge in [0.25, 0.3) is 0 Å². The van der Waals surface area contributed by atoms with E-state index in [2.05, 4.69) is 17.3 Å². The zero-order valence-electron chi connectivity index (χ0n) is 9.46. The lowest BCUT2D eigenvalue weighted by molar-refractivity contribution is 0.0541. The molecule has 0 aromatic carbocycles. The van der Waals surface area contributed by atoms with E-state index in [1.54, 1.807) is 0 Å². The fourth-order valence-corrected chi connectivity index (χ4v) is 1.47. The normalized spacial score (nSPS) is 18.9. The van der Waals surface area contributed by atoms with Crippen LogP contribution in [0.5, 0.6) is 0 Å². The molecule has 14 heavy (non-hydrogen) atoms. The number of rotatable bonds is 2. The summed E-state index contributed by atoms with van der Waals surface area (Å²) < 4.78 is 5.09. The highest BCUT2D eigenvalue weighted by Crippen LogP contribution is 2.12. The van der Waals surface area contributed by atoms with Crippen molar-refractivity contribution in [2.45, 2.75) is 26.3 Å². The molecule has 0 aliphatic carbocycles. The predicted octanol–water partition coefficient (Wildman–Crippen LogP) is 1.07. The number of alkyl carbamates (subject to hydrolysis) is 1. The third kappa shape index (κ3) is 3.96. The van der Waals surface area contributed by atoms with Gasteiger partial charge in [-0.05, 0) is 27.8 Å². The van der Waals surface area contributed by atoms with Crippen molar-refractivity contribution in [1.29, 1.82) is 0 Å². The molecular formula is C10H20N2O2. The second-order valence-electron chi connectivity index (χ2n) is 5.06. The van der Waals surface area contributed by atoms with E-state index in [1.165, 1.54) is 0 Å². The highest BCUT2D eigenvalue weighted by Gasteiger charge is 2.25. The van der Waals surface area contributed by atoms with Gasteiger partial charge in [0, 0.05) is 24.5 Å². The number of carbonyl (C=O) groups excluding carboxylic acids is 1. The van der Waals surface area contributed by atoms with Gasteiger partial charge in [0.05, 0.1) is 6.61 Å². The van der Waals surface area contributed by atoms with E-state index in [9.17, 15) is 4.79 Å². The lowest BCUT2D eigenvalue weighted by Gasteiger charge is -2.35. The summed E-state index contributed by atoms with van der Waals surface area (Å²) in [5.74, 6) is 0.519. The molecule has 0 bridgehead atoms. The fourth-order valence-electron chi connectivity index (χ4n) is 1.47. The molecule has 1 saturated heterocycles. The third-order valence-corrected chi connectivity index (χ3v) is 2.07. The van der Waals surface area contributed by atoms with Gasteiger partial charge < -0.3 is 15.0 Å². The Hall–Kier alpha value is -0.770. The van der Waals surface area contributed by atoms with Crippen molar-refractivity contribution in [3.05, 3.63) is 0 Å². The SMILES string of the molecule is CN1CC(COC(=O)NC(C)(C)C)C1. The number of nitrogens with zero attached hydrogens (tertiary/aromatic N) is 1. The number of hydrogen-bond acceptors (Lipinski definition) is 3. The lowest BCUT2D eigenvalue weighted by atomic mass is 10.0. The van der Waals surface area contributed by atoms with Crippen LogP contribution >= 0.6 is 0 Å². The molecule has 0 radical (unpaired) electrons. The molecule has 4 nitrogen and oxygen atoms in total. The minimum absolute atomic E-state index is 0.215. The van der Waals surface area contributed by atoms with Crippen LogP contribution in [0, 0.1) is 5.92 Å². The molecule has 4 heteroatoms. The number of hydrogen-bond donors (Lipinski definition) is 1. The maximum Gasteiger partial charge on any atom is 0.407 e. The summed E-state index contributed by atoms with van der Waals surface area (Å²) in [6.45, 7) is 8.40. The lowest BCUT2D eigenvalue weighted by Crippen LogP contribution is -2.47. The Labute approximate surface area is 85.6 Å². The summed E-state index contributed by atoms with van der Waals surface area (Å²) >= 11 is 0. The van der Waals surface area contributed by atoms with E-state index in [4.69, 9.17) is 4.74 Å². The topological polar surface area (TPSA) is 41.6 Å². The Morgan fingerprint density at radius 2 is 2.07 bits per heavy atom. The number of nitrogens with one attached hydrogen (secondary N) is 1. The fraction of sp³-hybridized carbons (Fsp3) is 0.900. The van der Waals surface area contributed by atoms with E-state index in [0.29, 0.717) is 12.5 Å². The van der Waals surface area contributed by atoms with Gasteiger partial charge in [0.1, 0.15) is 0 Å².